The summed E-state index contributed by atoms with van der Waals surface area (Å²) >= 11 is 1.64. The molecule has 6 nitrogen and oxygen atoms in total. The molecule has 2 aromatic rings. The van der Waals surface area contributed by atoms with E-state index < -0.39 is 0 Å². The van der Waals surface area contributed by atoms with E-state index in [0.29, 0.717) is 38.5 Å². The average Bonchev–Trinajstić information content (AvgIpc) is 3.33. The first-order chi connectivity index (χ1) is 13.6. The number of carbonyl (C=O) groups excluding carboxylic acids is 2. The highest BCUT2D eigenvalue weighted by Crippen LogP contribution is 2.37. The number of carbonyl (C=O) groups is 2. The van der Waals surface area contributed by atoms with E-state index >= 15 is 0 Å². The molecule has 1 aliphatic heterocycles. The number of cyclic esters (lactones) is 1. The Bertz CT molecular complexity index is 852. The van der Waals surface area contributed by atoms with E-state index in [4.69, 9.17) is 9.72 Å². The van der Waals surface area contributed by atoms with Gasteiger partial charge < -0.3 is 9.64 Å². The molecule has 0 N–H and O–H groups in total. The fraction of sp³-hybridized carbons (Fsp3) is 0.476. The molecule has 1 fully saturated rings. The van der Waals surface area contributed by atoms with Crippen LogP contribution in [0.1, 0.15) is 41.3 Å². The Morgan fingerprint density at radius 3 is 2.93 bits per heavy atom. The van der Waals surface area contributed by atoms with Gasteiger partial charge in [0.05, 0.1) is 12.2 Å². The van der Waals surface area contributed by atoms with Crippen molar-refractivity contribution in [3.63, 3.8) is 0 Å². The van der Waals surface area contributed by atoms with Crippen LogP contribution < -0.4 is 4.90 Å². The van der Waals surface area contributed by atoms with E-state index in [0.717, 1.165) is 30.1 Å². The minimum Gasteiger partial charge on any atom is -0.448 e. The third kappa shape index (κ3) is 4.04. The lowest BCUT2D eigenvalue weighted by molar-refractivity contribution is -0.118. The third-order valence-electron chi connectivity index (χ3n) is 5.52. The van der Waals surface area contributed by atoms with Gasteiger partial charge in [-0.3, -0.25) is 9.69 Å². The minimum atomic E-state index is -0.277. The molecule has 0 spiro atoms. The quantitative estimate of drug-likeness (QED) is 0.744. The van der Waals surface area contributed by atoms with Crippen LogP contribution in [0.25, 0.3) is 0 Å². The van der Waals surface area contributed by atoms with Crippen LogP contribution in [0.4, 0.5) is 9.93 Å². The highest BCUT2D eigenvalue weighted by molar-refractivity contribution is 7.15. The van der Waals surface area contributed by atoms with Crippen molar-refractivity contribution in [2.24, 2.45) is 0 Å². The molecule has 148 valence electrons. The van der Waals surface area contributed by atoms with Gasteiger partial charge >= 0.3 is 6.09 Å². The normalized spacial score (nSPS) is 18.7. The maximum Gasteiger partial charge on any atom is 0.409 e. The molecule has 1 saturated heterocycles. The molecule has 0 saturated carbocycles. The average molecular weight is 400 g/mol. The number of thiazole rings is 1. The zero-order valence-electron chi connectivity index (χ0n) is 16.1. The molecule has 2 heterocycles. The molecule has 0 bridgehead atoms. The van der Waals surface area contributed by atoms with E-state index in [1.165, 1.54) is 10.4 Å². The predicted octanol–water partition coefficient (Wildman–Crippen LogP) is 3.61. The number of benzene rings is 1. The van der Waals surface area contributed by atoms with Crippen molar-refractivity contribution in [1.29, 1.82) is 0 Å². The number of aryl methyl sites for hydroxylation is 1. The van der Waals surface area contributed by atoms with Crippen LogP contribution in [0.5, 0.6) is 0 Å². The summed E-state index contributed by atoms with van der Waals surface area (Å²) in [5.41, 5.74) is 2.53. The van der Waals surface area contributed by atoms with Gasteiger partial charge in [-0.15, -0.1) is 11.3 Å². The van der Waals surface area contributed by atoms with Crippen molar-refractivity contribution in [2.45, 2.75) is 38.0 Å². The summed E-state index contributed by atoms with van der Waals surface area (Å²) in [5, 5.41) is 0.782. The molecular formula is C21H25N3O3S. The van der Waals surface area contributed by atoms with Crippen molar-refractivity contribution in [3.8, 4) is 0 Å². The molecular weight excluding hydrogens is 374 g/mol. The summed E-state index contributed by atoms with van der Waals surface area (Å²) in [6, 6.07) is 10.6. The molecule has 2 amide bonds. The fourth-order valence-corrected chi connectivity index (χ4v) is 5.00. The topological polar surface area (TPSA) is 62.7 Å². The zero-order valence-corrected chi connectivity index (χ0v) is 16.9. The Morgan fingerprint density at radius 2 is 2.18 bits per heavy atom. The number of amides is 2. The zero-order chi connectivity index (χ0) is 19.5. The lowest BCUT2D eigenvalue weighted by atomic mass is 9.85. The summed E-state index contributed by atoms with van der Waals surface area (Å²) in [6.07, 6.45) is 3.82. The monoisotopic (exact) mass is 399 g/mol. The smallest absolute Gasteiger partial charge is 0.409 e. The van der Waals surface area contributed by atoms with Gasteiger partial charge in [0.1, 0.15) is 6.61 Å². The number of aromatic nitrogens is 1. The molecule has 1 aromatic heterocycles. The van der Waals surface area contributed by atoms with Crippen LogP contribution >= 0.6 is 11.3 Å². The van der Waals surface area contributed by atoms with Gasteiger partial charge in [0.2, 0.25) is 5.91 Å². The summed E-state index contributed by atoms with van der Waals surface area (Å²) in [4.78, 5) is 33.4. The Labute approximate surface area is 169 Å². The lowest BCUT2D eigenvalue weighted by Gasteiger charge is -2.21. The van der Waals surface area contributed by atoms with Gasteiger partial charge in [-0.25, -0.2) is 9.78 Å². The highest BCUT2D eigenvalue weighted by atomic mass is 32.1. The Balaban J connectivity index is 1.34. The second-order valence-corrected chi connectivity index (χ2v) is 8.44. The SMILES string of the molecule is CN(C(=O)CCCN1CCOC1=O)c1nc2c(s1)C[C@H](c1ccccc1)CC2. The van der Waals surface area contributed by atoms with Crippen molar-refractivity contribution in [1.82, 2.24) is 9.88 Å². The van der Waals surface area contributed by atoms with Gasteiger partial charge in [0, 0.05) is 24.9 Å². The van der Waals surface area contributed by atoms with Crippen LogP contribution in [0.3, 0.4) is 0 Å². The largest absolute Gasteiger partial charge is 0.448 e. The van der Waals surface area contributed by atoms with Gasteiger partial charge in [0.15, 0.2) is 5.13 Å². The lowest BCUT2D eigenvalue weighted by Crippen LogP contribution is -2.29. The first kappa shape index (κ1) is 18.9. The van der Waals surface area contributed by atoms with E-state index in [-0.39, 0.29) is 12.0 Å². The maximum absolute atomic E-state index is 12.6. The van der Waals surface area contributed by atoms with E-state index in [1.54, 1.807) is 28.2 Å². The van der Waals surface area contributed by atoms with Crippen molar-refractivity contribution >= 4 is 28.5 Å². The van der Waals surface area contributed by atoms with E-state index in [9.17, 15) is 9.59 Å². The molecule has 28 heavy (non-hydrogen) atoms. The summed E-state index contributed by atoms with van der Waals surface area (Å²) in [5.74, 6) is 0.571. The number of anilines is 1. The number of rotatable bonds is 6. The molecule has 2 aliphatic rings. The van der Waals surface area contributed by atoms with Crippen molar-refractivity contribution in [3.05, 3.63) is 46.5 Å². The number of ether oxygens (including phenoxy) is 1. The molecule has 1 aromatic carbocycles. The van der Waals surface area contributed by atoms with Gasteiger partial charge in [-0.1, -0.05) is 30.3 Å². The Kier molecular flexibility index (Phi) is 5.62. The van der Waals surface area contributed by atoms with Crippen LogP contribution in [-0.4, -0.2) is 48.6 Å². The van der Waals surface area contributed by atoms with Crippen molar-refractivity contribution < 1.29 is 14.3 Å². The second-order valence-electron chi connectivity index (χ2n) is 7.37. The third-order valence-corrected chi connectivity index (χ3v) is 6.72. The number of fused-ring (bicyclic) bond motifs is 1. The molecule has 1 atom stereocenters. The molecule has 7 heteroatoms. The number of nitrogens with zero attached hydrogens (tertiary/aromatic N) is 3. The van der Waals surface area contributed by atoms with Gasteiger partial charge in [-0.05, 0) is 37.2 Å². The first-order valence-electron chi connectivity index (χ1n) is 9.83. The van der Waals surface area contributed by atoms with Crippen LogP contribution in [0.15, 0.2) is 30.3 Å². The number of hydrogen-bond acceptors (Lipinski definition) is 5. The fourth-order valence-electron chi connectivity index (χ4n) is 3.84. The van der Waals surface area contributed by atoms with Crippen LogP contribution in [0, 0.1) is 0 Å². The highest BCUT2D eigenvalue weighted by Gasteiger charge is 2.26. The molecule has 0 unspecified atom stereocenters. The van der Waals surface area contributed by atoms with Crippen LogP contribution in [-0.2, 0) is 22.4 Å². The second kappa shape index (κ2) is 8.31. The summed E-state index contributed by atoms with van der Waals surface area (Å²) < 4.78 is 4.91. The molecule has 4 rings (SSSR count). The standard InChI is InChI=1S/C21H25N3O3S/c1-23(19(25)8-5-11-24-12-13-27-21(24)26)20-22-17-10-9-16(14-18(17)28-20)15-6-3-2-4-7-15/h2-4,6-7,16H,5,8-14H2,1H3/t16-/m1/s1. The van der Waals surface area contributed by atoms with Crippen LogP contribution in [0.2, 0.25) is 0 Å². The maximum atomic E-state index is 12.6. The van der Waals surface area contributed by atoms with Gasteiger partial charge in [-0.2, -0.15) is 0 Å². The summed E-state index contributed by atoms with van der Waals surface area (Å²) in [7, 11) is 1.80. The Hall–Kier alpha value is -2.41. The van der Waals surface area contributed by atoms with E-state index in [1.807, 2.05) is 0 Å². The van der Waals surface area contributed by atoms with E-state index in [2.05, 4.69) is 30.3 Å². The first-order valence-corrected chi connectivity index (χ1v) is 10.7. The molecule has 0 radical (unpaired) electrons. The number of hydrogen-bond donors (Lipinski definition) is 0. The van der Waals surface area contributed by atoms with Gasteiger partial charge in [0.25, 0.3) is 0 Å². The Morgan fingerprint density at radius 1 is 1.36 bits per heavy atom. The van der Waals surface area contributed by atoms with Crippen molar-refractivity contribution in [2.75, 3.05) is 31.6 Å². The minimum absolute atomic E-state index is 0.0401. The predicted molar refractivity (Wildman–Crippen MR) is 109 cm³/mol. The molecule has 1 aliphatic carbocycles. The summed E-state index contributed by atoms with van der Waals surface area (Å²) in [6.45, 7) is 1.62.